The van der Waals surface area contributed by atoms with Crippen LogP contribution in [0, 0.1) is 5.92 Å². The topological polar surface area (TPSA) is 66.4 Å². The molecule has 6 nitrogen and oxygen atoms in total. The van der Waals surface area contributed by atoms with Crippen molar-refractivity contribution in [3.63, 3.8) is 0 Å². The number of hydrogen-bond acceptors (Lipinski definition) is 6. The summed E-state index contributed by atoms with van der Waals surface area (Å²) < 4.78 is 32.0. The standard InChI is InChI=1S/C26H50O6/c1-6-10-16-28-22-19(5)31-26(32-23-20(9-4)14-13-15-21(23)27)25(30-18-12-8-3)24(22)29-17-11-7-2/h19-27H,6-18H2,1-5H3/t19?,20?,21-,22-,23-,24?,25?,26+/m1/s1. The first-order valence-electron chi connectivity index (χ1n) is 13.4. The van der Waals surface area contributed by atoms with Crippen LogP contribution in [0.2, 0.25) is 0 Å². The van der Waals surface area contributed by atoms with Crippen LogP contribution >= 0.6 is 0 Å². The van der Waals surface area contributed by atoms with Crippen molar-refractivity contribution < 1.29 is 28.8 Å². The third-order valence-electron chi connectivity index (χ3n) is 6.89. The van der Waals surface area contributed by atoms with Gasteiger partial charge in [0.1, 0.15) is 18.3 Å². The van der Waals surface area contributed by atoms with E-state index in [0.29, 0.717) is 25.7 Å². The predicted molar refractivity (Wildman–Crippen MR) is 127 cm³/mol. The van der Waals surface area contributed by atoms with Gasteiger partial charge in [0.25, 0.3) is 0 Å². The van der Waals surface area contributed by atoms with Crippen molar-refractivity contribution >= 4 is 0 Å². The van der Waals surface area contributed by atoms with E-state index in [2.05, 4.69) is 27.7 Å². The zero-order chi connectivity index (χ0) is 23.3. The molecule has 0 aromatic heterocycles. The molecule has 1 aliphatic carbocycles. The molecule has 1 heterocycles. The molecule has 1 saturated heterocycles. The van der Waals surface area contributed by atoms with E-state index in [0.717, 1.165) is 64.2 Å². The van der Waals surface area contributed by atoms with Gasteiger partial charge >= 0.3 is 0 Å². The Morgan fingerprint density at radius 3 is 1.88 bits per heavy atom. The van der Waals surface area contributed by atoms with Crippen molar-refractivity contribution in [2.24, 2.45) is 5.92 Å². The molecule has 2 fully saturated rings. The van der Waals surface area contributed by atoms with Crippen LogP contribution in [-0.2, 0) is 23.7 Å². The molecule has 0 aromatic carbocycles. The largest absolute Gasteiger partial charge is 0.390 e. The monoisotopic (exact) mass is 458 g/mol. The van der Waals surface area contributed by atoms with Gasteiger partial charge in [0, 0.05) is 19.8 Å². The van der Waals surface area contributed by atoms with Crippen LogP contribution in [0.5, 0.6) is 0 Å². The molecule has 4 unspecified atom stereocenters. The van der Waals surface area contributed by atoms with Gasteiger partial charge in [0.2, 0.25) is 0 Å². The summed E-state index contributed by atoms with van der Waals surface area (Å²) in [7, 11) is 0. The number of aliphatic hydroxyl groups excluding tert-OH is 1. The molecular weight excluding hydrogens is 408 g/mol. The van der Waals surface area contributed by atoms with E-state index < -0.39 is 12.4 Å². The average molecular weight is 459 g/mol. The first-order valence-corrected chi connectivity index (χ1v) is 13.4. The Morgan fingerprint density at radius 1 is 0.750 bits per heavy atom. The third-order valence-corrected chi connectivity index (χ3v) is 6.89. The highest BCUT2D eigenvalue weighted by atomic mass is 16.7. The minimum absolute atomic E-state index is 0.171. The first kappa shape index (κ1) is 28.0. The van der Waals surface area contributed by atoms with Crippen LogP contribution in [-0.4, -0.2) is 67.8 Å². The lowest BCUT2D eigenvalue weighted by molar-refractivity contribution is -0.334. The lowest BCUT2D eigenvalue weighted by Gasteiger charge is -2.47. The first-order chi connectivity index (χ1) is 15.6. The van der Waals surface area contributed by atoms with E-state index >= 15 is 0 Å². The molecule has 32 heavy (non-hydrogen) atoms. The SMILES string of the molecule is CCCCOC1C(OCCCC)[C@H](OCCCC)C(C)O[C@H]1O[C@@H]1C(CC)CCC[C@H]1O. The Morgan fingerprint density at radius 2 is 1.31 bits per heavy atom. The fourth-order valence-corrected chi connectivity index (χ4v) is 4.79. The van der Waals surface area contributed by atoms with Crippen molar-refractivity contribution in [2.75, 3.05) is 19.8 Å². The maximum Gasteiger partial charge on any atom is 0.187 e. The second-order valence-corrected chi connectivity index (χ2v) is 9.54. The second kappa shape index (κ2) is 15.6. The summed E-state index contributed by atoms with van der Waals surface area (Å²) in [6.45, 7) is 12.7. The smallest absolute Gasteiger partial charge is 0.187 e. The molecule has 0 radical (unpaired) electrons. The Balaban J connectivity index is 2.21. The molecule has 2 rings (SSSR count). The molecule has 2 aliphatic rings. The van der Waals surface area contributed by atoms with Crippen LogP contribution in [0.25, 0.3) is 0 Å². The summed E-state index contributed by atoms with van der Waals surface area (Å²) in [5.74, 6) is 0.340. The fourth-order valence-electron chi connectivity index (χ4n) is 4.79. The van der Waals surface area contributed by atoms with Crippen LogP contribution < -0.4 is 0 Å². The van der Waals surface area contributed by atoms with E-state index in [9.17, 15) is 5.11 Å². The summed E-state index contributed by atoms with van der Waals surface area (Å²) in [6.07, 6.45) is 7.90. The van der Waals surface area contributed by atoms with Gasteiger partial charge < -0.3 is 28.8 Å². The number of aliphatic hydroxyl groups is 1. The van der Waals surface area contributed by atoms with E-state index in [4.69, 9.17) is 23.7 Å². The number of ether oxygens (including phenoxy) is 5. The Labute approximate surface area is 196 Å². The van der Waals surface area contributed by atoms with E-state index in [1.54, 1.807) is 0 Å². The van der Waals surface area contributed by atoms with Gasteiger partial charge in [0.05, 0.1) is 18.3 Å². The van der Waals surface area contributed by atoms with Crippen molar-refractivity contribution in [2.45, 2.75) is 142 Å². The summed E-state index contributed by atoms with van der Waals surface area (Å²) >= 11 is 0. The van der Waals surface area contributed by atoms with Gasteiger partial charge in [0.15, 0.2) is 6.29 Å². The fraction of sp³-hybridized carbons (Fsp3) is 1.00. The van der Waals surface area contributed by atoms with Crippen molar-refractivity contribution in [1.29, 1.82) is 0 Å². The molecular formula is C26H50O6. The van der Waals surface area contributed by atoms with Gasteiger partial charge in [-0.25, -0.2) is 0 Å². The van der Waals surface area contributed by atoms with E-state index in [1.807, 2.05) is 6.92 Å². The van der Waals surface area contributed by atoms with Crippen LogP contribution in [0.1, 0.15) is 98.8 Å². The summed E-state index contributed by atoms with van der Waals surface area (Å²) in [6, 6.07) is 0. The minimum Gasteiger partial charge on any atom is -0.390 e. The van der Waals surface area contributed by atoms with Gasteiger partial charge in [-0.15, -0.1) is 0 Å². The molecule has 0 amide bonds. The lowest BCUT2D eigenvalue weighted by Crippen LogP contribution is -2.61. The van der Waals surface area contributed by atoms with Gasteiger partial charge in [-0.1, -0.05) is 59.8 Å². The van der Waals surface area contributed by atoms with Gasteiger partial charge in [-0.05, 0) is 44.9 Å². The molecule has 0 bridgehead atoms. The highest BCUT2D eigenvalue weighted by molar-refractivity contribution is 4.93. The summed E-state index contributed by atoms with van der Waals surface area (Å²) in [5, 5.41) is 10.7. The molecule has 6 heteroatoms. The number of rotatable bonds is 15. The molecule has 0 spiro atoms. The average Bonchev–Trinajstić information content (AvgIpc) is 2.78. The molecule has 190 valence electrons. The zero-order valence-corrected chi connectivity index (χ0v) is 21.3. The van der Waals surface area contributed by atoms with Gasteiger partial charge in [-0.2, -0.15) is 0 Å². The molecule has 1 saturated carbocycles. The van der Waals surface area contributed by atoms with Crippen molar-refractivity contribution in [3.05, 3.63) is 0 Å². The molecule has 1 aliphatic heterocycles. The zero-order valence-electron chi connectivity index (χ0n) is 21.3. The Bertz CT molecular complexity index is 475. The van der Waals surface area contributed by atoms with E-state index in [-0.39, 0.29) is 30.5 Å². The van der Waals surface area contributed by atoms with Gasteiger partial charge in [-0.3, -0.25) is 0 Å². The second-order valence-electron chi connectivity index (χ2n) is 9.54. The van der Waals surface area contributed by atoms with E-state index in [1.165, 1.54) is 0 Å². The maximum absolute atomic E-state index is 10.7. The predicted octanol–water partition coefficient (Wildman–Crippen LogP) is 5.24. The molecule has 0 aromatic rings. The summed E-state index contributed by atoms with van der Waals surface area (Å²) in [5.41, 5.74) is 0. The highest BCUT2D eigenvalue weighted by Crippen LogP contribution is 2.35. The Hall–Kier alpha value is -0.240. The highest BCUT2D eigenvalue weighted by Gasteiger charge is 2.49. The maximum atomic E-state index is 10.7. The van der Waals surface area contributed by atoms with Crippen molar-refractivity contribution in [3.8, 4) is 0 Å². The molecule has 1 N–H and O–H groups in total. The van der Waals surface area contributed by atoms with Crippen LogP contribution in [0.15, 0.2) is 0 Å². The summed E-state index contributed by atoms with van der Waals surface area (Å²) in [4.78, 5) is 0. The number of unbranched alkanes of at least 4 members (excludes halogenated alkanes) is 3. The minimum atomic E-state index is -0.564. The van der Waals surface area contributed by atoms with Crippen LogP contribution in [0.4, 0.5) is 0 Å². The van der Waals surface area contributed by atoms with Crippen LogP contribution in [0.3, 0.4) is 0 Å². The quantitative estimate of drug-likeness (QED) is 0.338. The Kier molecular flexibility index (Phi) is 13.7. The third kappa shape index (κ3) is 8.21. The lowest BCUT2D eigenvalue weighted by atomic mass is 9.82. The molecule has 8 atom stereocenters. The normalized spacial score (nSPS) is 35.8. The number of hydrogen-bond donors (Lipinski definition) is 1. The van der Waals surface area contributed by atoms with Crippen molar-refractivity contribution in [1.82, 2.24) is 0 Å².